The van der Waals surface area contributed by atoms with Crippen LogP contribution in [-0.2, 0) is 30.2 Å². The lowest BCUT2D eigenvalue weighted by Crippen LogP contribution is -2.38. The van der Waals surface area contributed by atoms with Crippen LogP contribution in [0, 0.1) is 6.92 Å². The number of benzene rings is 1. The lowest BCUT2D eigenvalue weighted by molar-refractivity contribution is -0.145. The van der Waals surface area contributed by atoms with Crippen molar-refractivity contribution >= 4 is 17.6 Å². The molecule has 0 saturated carbocycles. The van der Waals surface area contributed by atoms with Gasteiger partial charge in [0, 0.05) is 31.6 Å². The zero-order valence-corrected chi connectivity index (χ0v) is 15.7. The Hall–Kier alpha value is -2.54. The molecule has 0 bridgehead atoms. The summed E-state index contributed by atoms with van der Waals surface area (Å²) in [7, 11) is 2.91. The number of ether oxygens (including phenoxy) is 2. The van der Waals surface area contributed by atoms with Gasteiger partial charge in [-0.25, -0.2) is 4.79 Å². The molecule has 1 aromatic carbocycles. The van der Waals surface area contributed by atoms with Crippen LogP contribution in [-0.4, -0.2) is 21.7 Å². The monoisotopic (exact) mass is 380 g/mol. The largest absolute Gasteiger partial charge is 0.493 e. The van der Waals surface area contributed by atoms with Crippen LogP contribution >= 0.6 is 11.6 Å². The number of carbonyl (C=O) groups is 1. The highest BCUT2D eigenvalue weighted by atomic mass is 35.5. The Labute approximate surface area is 155 Å². The van der Waals surface area contributed by atoms with Gasteiger partial charge in [-0.15, -0.1) is 0 Å². The third kappa shape index (κ3) is 4.98. The van der Waals surface area contributed by atoms with Crippen LogP contribution in [0.5, 0.6) is 5.75 Å². The molecular weight excluding hydrogens is 360 g/mol. The second kappa shape index (κ2) is 8.71. The van der Waals surface area contributed by atoms with Crippen molar-refractivity contribution in [1.82, 2.24) is 9.13 Å². The second-order valence-electron chi connectivity index (χ2n) is 5.90. The molecular formula is C18H21ClN2O5. The van der Waals surface area contributed by atoms with Crippen molar-refractivity contribution in [2.45, 2.75) is 26.4 Å². The molecule has 0 aliphatic heterocycles. The first kappa shape index (κ1) is 19.8. The maximum Gasteiger partial charge on any atom is 0.330 e. The van der Waals surface area contributed by atoms with Crippen molar-refractivity contribution in [3.8, 4) is 5.75 Å². The van der Waals surface area contributed by atoms with Gasteiger partial charge >= 0.3 is 11.7 Å². The van der Waals surface area contributed by atoms with E-state index in [0.717, 1.165) is 15.9 Å². The molecule has 0 unspecified atom stereocenters. The molecule has 2 aromatic rings. The molecule has 7 nitrogen and oxygen atoms in total. The van der Waals surface area contributed by atoms with E-state index in [-0.39, 0.29) is 13.0 Å². The van der Waals surface area contributed by atoms with Gasteiger partial charge in [-0.1, -0.05) is 11.6 Å². The molecule has 0 aliphatic rings. The Kier molecular flexibility index (Phi) is 6.63. The smallest absolute Gasteiger partial charge is 0.330 e. The highest BCUT2D eigenvalue weighted by Crippen LogP contribution is 2.21. The van der Waals surface area contributed by atoms with Gasteiger partial charge in [0.15, 0.2) is 0 Å². The van der Waals surface area contributed by atoms with Gasteiger partial charge < -0.3 is 9.47 Å². The minimum Gasteiger partial charge on any atom is -0.493 e. The van der Waals surface area contributed by atoms with Gasteiger partial charge in [-0.05, 0) is 37.1 Å². The quantitative estimate of drug-likeness (QED) is 0.542. The van der Waals surface area contributed by atoms with Crippen molar-refractivity contribution in [2.24, 2.45) is 14.1 Å². The predicted octanol–water partition coefficient (Wildman–Crippen LogP) is 1.95. The van der Waals surface area contributed by atoms with Crippen molar-refractivity contribution < 1.29 is 14.3 Å². The van der Waals surface area contributed by atoms with E-state index in [0.29, 0.717) is 23.7 Å². The number of carbonyl (C=O) groups excluding carboxylic acids is 1. The summed E-state index contributed by atoms with van der Waals surface area (Å²) in [5.74, 6) is 0.299. The van der Waals surface area contributed by atoms with Crippen LogP contribution in [0.15, 0.2) is 33.9 Å². The van der Waals surface area contributed by atoms with Crippen molar-refractivity contribution in [3.05, 3.63) is 61.4 Å². The molecule has 26 heavy (non-hydrogen) atoms. The third-order valence-electron chi connectivity index (χ3n) is 3.93. The van der Waals surface area contributed by atoms with Gasteiger partial charge in [-0.2, -0.15) is 0 Å². The average molecular weight is 381 g/mol. The van der Waals surface area contributed by atoms with E-state index in [4.69, 9.17) is 21.1 Å². The van der Waals surface area contributed by atoms with Gasteiger partial charge in [-0.3, -0.25) is 18.7 Å². The summed E-state index contributed by atoms with van der Waals surface area (Å²) in [5, 5.41) is 0.642. The highest BCUT2D eigenvalue weighted by Gasteiger charge is 2.09. The van der Waals surface area contributed by atoms with E-state index in [1.165, 1.54) is 24.7 Å². The maximum absolute atomic E-state index is 11.8. The van der Waals surface area contributed by atoms with E-state index >= 15 is 0 Å². The zero-order chi connectivity index (χ0) is 19.3. The molecule has 0 fully saturated rings. The first-order chi connectivity index (χ1) is 12.3. The van der Waals surface area contributed by atoms with E-state index in [1.807, 2.05) is 6.92 Å². The number of halogens is 1. The molecule has 0 aliphatic carbocycles. The normalized spacial score (nSPS) is 10.6. The molecule has 0 atom stereocenters. The topological polar surface area (TPSA) is 79.5 Å². The summed E-state index contributed by atoms with van der Waals surface area (Å²) in [6.45, 7) is 2.13. The lowest BCUT2D eigenvalue weighted by atomic mass is 10.2. The lowest BCUT2D eigenvalue weighted by Gasteiger charge is -2.11. The molecule has 8 heteroatoms. The molecule has 0 saturated heterocycles. The van der Waals surface area contributed by atoms with Crippen LogP contribution in [0.25, 0.3) is 0 Å². The fourth-order valence-corrected chi connectivity index (χ4v) is 2.54. The molecule has 0 amide bonds. The molecule has 1 heterocycles. The number of hydrogen-bond donors (Lipinski definition) is 0. The first-order valence-corrected chi connectivity index (χ1v) is 8.48. The minimum atomic E-state index is -0.463. The van der Waals surface area contributed by atoms with Gasteiger partial charge in [0.05, 0.1) is 12.3 Å². The van der Waals surface area contributed by atoms with E-state index in [2.05, 4.69) is 0 Å². The fourth-order valence-electron chi connectivity index (χ4n) is 2.32. The summed E-state index contributed by atoms with van der Waals surface area (Å²) in [6, 6.07) is 6.61. The number of aromatic nitrogens is 2. The first-order valence-electron chi connectivity index (χ1n) is 8.10. The Bertz CT molecular complexity index is 917. The predicted molar refractivity (Wildman–Crippen MR) is 97.6 cm³/mol. The summed E-state index contributed by atoms with van der Waals surface area (Å²) >= 11 is 5.89. The Balaban J connectivity index is 1.79. The van der Waals surface area contributed by atoms with Crippen molar-refractivity contribution in [3.63, 3.8) is 0 Å². The Morgan fingerprint density at radius 2 is 1.88 bits per heavy atom. The highest BCUT2D eigenvalue weighted by molar-refractivity contribution is 6.30. The van der Waals surface area contributed by atoms with Crippen molar-refractivity contribution in [1.29, 1.82) is 0 Å². The third-order valence-corrected chi connectivity index (χ3v) is 4.16. The Morgan fingerprint density at radius 1 is 1.15 bits per heavy atom. The summed E-state index contributed by atoms with van der Waals surface area (Å²) < 4.78 is 13.0. The molecule has 0 radical (unpaired) electrons. The standard InChI is InChI=1S/C18H21ClN2O5/c1-12-9-13(19)6-7-15(12)25-8-4-5-17(23)26-11-14-10-16(22)21(3)18(24)20(14)2/h6-7,9-10H,4-5,8,11H2,1-3H3. The van der Waals surface area contributed by atoms with E-state index < -0.39 is 17.2 Å². The molecule has 0 N–H and O–H groups in total. The molecule has 2 rings (SSSR count). The molecule has 140 valence electrons. The SMILES string of the molecule is Cc1cc(Cl)ccc1OCCCC(=O)OCc1cc(=O)n(C)c(=O)n1C. The van der Waals surface area contributed by atoms with Crippen LogP contribution in [0.4, 0.5) is 0 Å². The summed E-state index contributed by atoms with van der Waals surface area (Å²) in [4.78, 5) is 35.3. The molecule has 1 aromatic heterocycles. The number of hydrogen-bond acceptors (Lipinski definition) is 5. The van der Waals surface area contributed by atoms with E-state index in [1.54, 1.807) is 18.2 Å². The maximum atomic E-state index is 11.8. The fraction of sp³-hybridized carbons (Fsp3) is 0.389. The van der Waals surface area contributed by atoms with Crippen molar-refractivity contribution in [2.75, 3.05) is 6.61 Å². The van der Waals surface area contributed by atoms with Crippen LogP contribution in [0.1, 0.15) is 24.1 Å². The zero-order valence-electron chi connectivity index (χ0n) is 15.0. The number of esters is 1. The minimum absolute atomic E-state index is 0.127. The number of aryl methyl sites for hydroxylation is 1. The van der Waals surface area contributed by atoms with Gasteiger partial charge in [0.25, 0.3) is 5.56 Å². The summed E-state index contributed by atoms with van der Waals surface area (Å²) in [5.41, 5.74) is 0.368. The summed E-state index contributed by atoms with van der Waals surface area (Å²) in [6.07, 6.45) is 0.655. The number of rotatable bonds is 7. The second-order valence-corrected chi connectivity index (χ2v) is 6.33. The van der Waals surface area contributed by atoms with Crippen LogP contribution in [0.2, 0.25) is 5.02 Å². The number of nitrogens with zero attached hydrogens (tertiary/aromatic N) is 2. The van der Waals surface area contributed by atoms with Gasteiger partial charge in [0.2, 0.25) is 0 Å². The van der Waals surface area contributed by atoms with Crippen LogP contribution in [0.3, 0.4) is 0 Å². The Morgan fingerprint density at radius 3 is 2.58 bits per heavy atom. The molecule has 0 spiro atoms. The van der Waals surface area contributed by atoms with Gasteiger partial charge in [0.1, 0.15) is 12.4 Å². The van der Waals surface area contributed by atoms with E-state index in [9.17, 15) is 14.4 Å². The van der Waals surface area contributed by atoms with Crippen LogP contribution < -0.4 is 16.0 Å². The average Bonchev–Trinajstić information content (AvgIpc) is 2.60.